The van der Waals surface area contributed by atoms with E-state index in [1.807, 2.05) is 0 Å². The van der Waals surface area contributed by atoms with Crippen molar-refractivity contribution in [2.24, 2.45) is 5.41 Å². The number of carboxylic acids is 1. The average Bonchev–Trinajstić information content (AvgIpc) is 3.32. The lowest BCUT2D eigenvalue weighted by molar-refractivity contribution is -0.385. The molecule has 0 saturated heterocycles. The summed E-state index contributed by atoms with van der Waals surface area (Å²) in [6, 6.07) is 6.46. The molecule has 1 amide bonds. The summed E-state index contributed by atoms with van der Waals surface area (Å²) in [5, 5.41) is 20.6. The van der Waals surface area contributed by atoms with Crippen LogP contribution in [0.1, 0.15) is 44.1 Å². The van der Waals surface area contributed by atoms with Crippen LogP contribution >= 0.6 is 0 Å². The highest BCUT2D eigenvalue weighted by molar-refractivity contribution is 5.86. The van der Waals surface area contributed by atoms with Crippen molar-refractivity contribution in [2.45, 2.75) is 51.1 Å². The number of hydrogen-bond acceptors (Lipinski definition) is 4. The number of nitro benzene ring substituents is 1. The zero-order valence-electron chi connectivity index (χ0n) is 13.3. The van der Waals surface area contributed by atoms with Crippen LogP contribution in [0.25, 0.3) is 0 Å². The Hall–Kier alpha value is -2.44. The molecule has 3 rings (SSSR count). The topological polar surface area (TPSA) is 101 Å². The van der Waals surface area contributed by atoms with Gasteiger partial charge in [0.05, 0.1) is 16.9 Å². The third-order valence-electron chi connectivity index (χ3n) is 5.09. The third-order valence-corrected chi connectivity index (χ3v) is 5.09. The molecule has 0 aliphatic heterocycles. The fourth-order valence-electron chi connectivity index (χ4n) is 3.27. The van der Waals surface area contributed by atoms with Crippen molar-refractivity contribution in [3.63, 3.8) is 0 Å². The van der Waals surface area contributed by atoms with Gasteiger partial charge in [-0.05, 0) is 25.7 Å². The van der Waals surface area contributed by atoms with Gasteiger partial charge in [0.15, 0.2) is 0 Å². The van der Waals surface area contributed by atoms with E-state index in [1.165, 1.54) is 6.07 Å². The molecule has 2 fully saturated rings. The van der Waals surface area contributed by atoms with Gasteiger partial charge in [-0.15, -0.1) is 0 Å². The van der Waals surface area contributed by atoms with E-state index in [-0.39, 0.29) is 30.6 Å². The van der Waals surface area contributed by atoms with Gasteiger partial charge in [0.1, 0.15) is 0 Å². The Balaban J connectivity index is 1.77. The molecule has 0 spiro atoms. The Bertz CT molecular complexity index is 679. The van der Waals surface area contributed by atoms with Gasteiger partial charge in [-0.1, -0.05) is 24.6 Å². The summed E-state index contributed by atoms with van der Waals surface area (Å²) in [5.41, 5.74) is -0.458. The zero-order chi connectivity index (χ0) is 17.3. The Morgan fingerprint density at radius 2 is 1.96 bits per heavy atom. The maximum atomic E-state index is 12.7. The van der Waals surface area contributed by atoms with E-state index in [9.17, 15) is 24.8 Å². The molecule has 7 nitrogen and oxygen atoms in total. The van der Waals surface area contributed by atoms with Crippen LogP contribution in [-0.4, -0.2) is 32.8 Å². The van der Waals surface area contributed by atoms with Gasteiger partial charge in [0.2, 0.25) is 5.91 Å². The first kappa shape index (κ1) is 16.4. The SMILES string of the molecule is O=C(CC1(C(=O)O)CCC1)N(Cc1ccccc1[N+](=O)[O-])C1CC1. The van der Waals surface area contributed by atoms with Gasteiger partial charge < -0.3 is 10.0 Å². The van der Waals surface area contributed by atoms with E-state index in [1.54, 1.807) is 23.1 Å². The minimum Gasteiger partial charge on any atom is -0.481 e. The molecule has 0 unspecified atom stereocenters. The second-order valence-electron chi connectivity index (χ2n) is 6.75. The smallest absolute Gasteiger partial charge is 0.310 e. The number of nitro groups is 1. The standard InChI is InChI=1S/C17H20N2O5/c20-15(10-17(16(21)22)8-3-9-17)18(13-6-7-13)11-12-4-1-2-5-14(12)19(23)24/h1-2,4-5,13H,3,6-11H2,(H,21,22). The molecule has 1 aromatic rings. The monoisotopic (exact) mass is 332 g/mol. The van der Waals surface area contributed by atoms with Crippen LogP contribution in [0, 0.1) is 15.5 Å². The molecular weight excluding hydrogens is 312 g/mol. The summed E-state index contributed by atoms with van der Waals surface area (Å²) in [6.45, 7) is 0.163. The molecule has 1 N–H and O–H groups in total. The lowest BCUT2D eigenvalue weighted by atomic mass is 9.66. The van der Waals surface area contributed by atoms with Crippen molar-refractivity contribution in [1.82, 2.24) is 4.90 Å². The predicted octanol–water partition coefficient (Wildman–Crippen LogP) is 2.73. The van der Waals surface area contributed by atoms with Crippen LogP contribution in [-0.2, 0) is 16.1 Å². The number of carboxylic acid groups (broad SMARTS) is 1. The summed E-state index contributed by atoms with van der Waals surface area (Å²) in [5.74, 6) is -1.12. The molecule has 0 atom stereocenters. The Kier molecular flexibility index (Phi) is 4.26. The molecule has 2 saturated carbocycles. The maximum absolute atomic E-state index is 12.7. The van der Waals surface area contributed by atoms with Gasteiger partial charge in [-0.25, -0.2) is 0 Å². The highest BCUT2D eigenvalue weighted by atomic mass is 16.6. The number of carbonyl (C=O) groups excluding carboxylic acids is 1. The fourth-order valence-corrected chi connectivity index (χ4v) is 3.27. The number of hydrogen-bond donors (Lipinski definition) is 1. The number of carbonyl (C=O) groups is 2. The number of amides is 1. The van der Waals surface area contributed by atoms with Gasteiger partial charge >= 0.3 is 5.97 Å². The van der Waals surface area contributed by atoms with Crippen LogP contribution in [0.15, 0.2) is 24.3 Å². The molecule has 128 valence electrons. The van der Waals surface area contributed by atoms with E-state index < -0.39 is 16.3 Å². The summed E-state index contributed by atoms with van der Waals surface area (Å²) >= 11 is 0. The van der Waals surface area contributed by atoms with Gasteiger partial charge in [0.25, 0.3) is 5.69 Å². The highest BCUT2D eigenvalue weighted by Crippen LogP contribution is 2.45. The van der Waals surface area contributed by atoms with E-state index in [4.69, 9.17) is 0 Å². The van der Waals surface area contributed by atoms with Crippen LogP contribution in [0.3, 0.4) is 0 Å². The molecule has 24 heavy (non-hydrogen) atoms. The summed E-state index contributed by atoms with van der Waals surface area (Å²) in [4.78, 5) is 36.5. The molecule has 2 aliphatic carbocycles. The van der Waals surface area contributed by atoms with Gasteiger partial charge in [-0.2, -0.15) is 0 Å². The van der Waals surface area contributed by atoms with Crippen molar-refractivity contribution >= 4 is 17.6 Å². The average molecular weight is 332 g/mol. The van der Waals surface area contributed by atoms with Crippen LogP contribution < -0.4 is 0 Å². The quantitative estimate of drug-likeness (QED) is 0.611. The van der Waals surface area contributed by atoms with Gasteiger partial charge in [-0.3, -0.25) is 19.7 Å². The van der Waals surface area contributed by atoms with E-state index in [0.29, 0.717) is 18.4 Å². The molecule has 7 heteroatoms. The summed E-state index contributed by atoms with van der Waals surface area (Å²) in [7, 11) is 0. The highest BCUT2D eigenvalue weighted by Gasteiger charge is 2.47. The fraction of sp³-hybridized carbons (Fsp3) is 0.529. The Morgan fingerprint density at radius 1 is 1.29 bits per heavy atom. The number of benzene rings is 1. The normalized spacial score (nSPS) is 18.5. The molecule has 0 heterocycles. The minimum atomic E-state index is -0.938. The van der Waals surface area contributed by atoms with Crippen LogP contribution in [0.2, 0.25) is 0 Å². The first-order valence-electron chi connectivity index (χ1n) is 8.18. The predicted molar refractivity (Wildman–Crippen MR) is 85.2 cm³/mol. The Labute approximate surface area is 139 Å². The Morgan fingerprint density at radius 3 is 2.46 bits per heavy atom. The van der Waals surface area contributed by atoms with Crippen molar-refractivity contribution in [3.05, 3.63) is 39.9 Å². The van der Waals surface area contributed by atoms with Crippen LogP contribution in [0.5, 0.6) is 0 Å². The first-order chi connectivity index (χ1) is 11.4. The second-order valence-corrected chi connectivity index (χ2v) is 6.75. The largest absolute Gasteiger partial charge is 0.481 e. The van der Waals surface area contributed by atoms with Crippen LogP contribution in [0.4, 0.5) is 5.69 Å². The van der Waals surface area contributed by atoms with Crippen molar-refractivity contribution in [2.75, 3.05) is 0 Å². The van der Waals surface area contributed by atoms with Gasteiger partial charge in [0, 0.05) is 24.1 Å². The minimum absolute atomic E-state index is 0.00691. The second kappa shape index (κ2) is 6.22. The lowest BCUT2D eigenvalue weighted by Crippen LogP contribution is -2.44. The molecule has 0 bridgehead atoms. The van der Waals surface area contributed by atoms with E-state index >= 15 is 0 Å². The maximum Gasteiger partial charge on any atom is 0.310 e. The van der Waals surface area contributed by atoms with Crippen molar-refractivity contribution in [3.8, 4) is 0 Å². The summed E-state index contributed by atoms with van der Waals surface area (Å²) in [6.07, 6.45) is 3.60. The number of para-hydroxylation sites is 1. The van der Waals surface area contributed by atoms with Crippen molar-refractivity contribution < 1.29 is 19.6 Å². The van der Waals surface area contributed by atoms with E-state index in [2.05, 4.69) is 0 Å². The molecular formula is C17H20N2O5. The molecule has 2 aliphatic rings. The number of rotatable bonds is 7. The molecule has 1 aromatic carbocycles. The third kappa shape index (κ3) is 3.11. The summed E-state index contributed by atoms with van der Waals surface area (Å²) < 4.78 is 0. The number of aliphatic carboxylic acids is 1. The first-order valence-corrected chi connectivity index (χ1v) is 8.18. The molecule has 0 radical (unpaired) electrons. The zero-order valence-corrected chi connectivity index (χ0v) is 13.3. The lowest BCUT2D eigenvalue weighted by Gasteiger charge is -2.38. The number of nitrogens with zero attached hydrogens (tertiary/aromatic N) is 2. The van der Waals surface area contributed by atoms with E-state index in [0.717, 1.165) is 19.3 Å². The molecule has 0 aromatic heterocycles. The van der Waals surface area contributed by atoms with Crippen molar-refractivity contribution in [1.29, 1.82) is 0 Å².